The summed E-state index contributed by atoms with van der Waals surface area (Å²) in [6.45, 7) is 2.91. The van der Waals surface area contributed by atoms with Gasteiger partial charge < -0.3 is 19.4 Å². The highest BCUT2D eigenvalue weighted by Crippen LogP contribution is 2.38. The summed E-state index contributed by atoms with van der Waals surface area (Å²) in [5, 5.41) is 11.7. The monoisotopic (exact) mass is 500 g/mol. The zero-order valence-corrected chi connectivity index (χ0v) is 20.4. The third kappa shape index (κ3) is 3.59. The molecule has 5 aromatic rings. The number of piperazine rings is 1. The van der Waals surface area contributed by atoms with E-state index in [1.54, 1.807) is 12.5 Å². The maximum atomic E-state index is 11.9. The summed E-state index contributed by atoms with van der Waals surface area (Å²) in [5.41, 5.74) is 5.45. The quantitative estimate of drug-likeness (QED) is 0.391. The Balaban J connectivity index is 1.20. The molecule has 2 aliphatic rings. The summed E-state index contributed by atoms with van der Waals surface area (Å²) in [4.78, 5) is 11.8. The highest BCUT2D eigenvalue weighted by atomic mass is 32.2. The van der Waals surface area contributed by atoms with Crippen LogP contribution in [0.5, 0.6) is 5.75 Å². The highest BCUT2D eigenvalue weighted by molar-refractivity contribution is 7.81. The molecular weight excluding hydrogens is 476 g/mol. The first-order chi connectivity index (χ1) is 17.6. The highest BCUT2D eigenvalue weighted by Gasteiger charge is 2.34. The molecule has 1 saturated heterocycles. The molecule has 182 valence electrons. The number of anilines is 3. The van der Waals surface area contributed by atoms with Crippen molar-refractivity contribution in [1.29, 1.82) is 0 Å². The van der Waals surface area contributed by atoms with Gasteiger partial charge in [-0.15, -0.1) is 0 Å². The lowest BCUT2D eigenvalue weighted by Gasteiger charge is -2.44. The molecular formula is C25H24N8O2S. The van der Waals surface area contributed by atoms with Gasteiger partial charge in [0.1, 0.15) is 12.4 Å². The summed E-state index contributed by atoms with van der Waals surface area (Å²) in [5.74, 6) is 1.50. The summed E-state index contributed by atoms with van der Waals surface area (Å²) >= 11 is 0. The number of H-pyrrole nitrogens is 1. The van der Waals surface area contributed by atoms with Crippen molar-refractivity contribution in [1.82, 2.24) is 28.9 Å². The Kier molecular flexibility index (Phi) is 4.93. The van der Waals surface area contributed by atoms with E-state index in [-0.39, 0.29) is 6.04 Å². The van der Waals surface area contributed by atoms with E-state index in [0.717, 1.165) is 64.6 Å². The van der Waals surface area contributed by atoms with Gasteiger partial charge >= 0.3 is 0 Å². The standard InChI is InChI=1S/C25H24N8O2S/c1-36(34)32-8-9-33-19(13-32)15-35-23-11-18(4-5-22(23)33)28-24-25-26-6-7-31(25)14-21(29-24)16-2-3-17-12-27-30-20(17)10-16/h2-7,10-12,14,19H,8-9,13,15H2,1H3,(H,27,30)(H,28,29). The lowest BCUT2D eigenvalue weighted by Crippen LogP contribution is -2.57. The molecule has 2 atom stereocenters. The van der Waals surface area contributed by atoms with Crippen LogP contribution in [0.15, 0.2) is 61.2 Å². The van der Waals surface area contributed by atoms with Crippen molar-refractivity contribution in [2.45, 2.75) is 6.04 Å². The van der Waals surface area contributed by atoms with Gasteiger partial charge in [0.25, 0.3) is 0 Å². The van der Waals surface area contributed by atoms with Gasteiger partial charge in [-0.1, -0.05) is 12.1 Å². The molecule has 0 radical (unpaired) electrons. The first kappa shape index (κ1) is 21.3. The van der Waals surface area contributed by atoms with Crippen molar-refractivity contribution < 1.29 is 8.95 Å². The SMILES string of the molecule is CS(=O)N1CCN2c3ccc(Nc4nc(-c5ccc6cn[nH]c6c5)cn5ccnc45)cc3OCC2C1. The minimum absolute atomic E-state index is 0.198. The summed E-state index contributed by atoms with van der Waals surface area (Å²) in [7, 11) is -0.959. The molecule has 2 N–H and O–H groups in total. The van der Waals surface area contributed by atoms with E-state index in [4.69, 9.17) is 9.72 Å². The molecule has 3 aromatic heterocycles. The van der Waals surface area contributed by atoms with Crippen molar-refractivity contribution in [3.8, 4) is 17.0 Å². The molecule has 2 aromatic carbocycles. The van der Waals surface area contributed by atoms with E-state index in [2.05, 4.69) is 31.5 Å². The maximum Gasteiger partial charge on any atom is 0.180 e. The number of ether oxygens (including phenoxy) is 1. The molecule has 0 spiro atoms. The fraction of sp³-hybridized carbons (Fsp3) is 0.240. The van der Waals surface area contributed by atoms with Gasteiger partial charge in [0.15, 0.2) is 11.5 Å². The topological polar surface area (TPSA) is 104 Å². The molecule has 0 bridgehead atoms. The number of aromatic amines is 1. The lowest BCUT2D eigenvalue weighted by atomic mass is 10.1. The molecule has 7 rings (SSSR count). The van der Waals surface area contributed by atoms with Crippen LogP contribution in [0.25, 0.3) is 27.8 Å². The number of nitrogens with zero attached hydrogens (tertiary/aromatic N) is 6. The smallest absolute Gasteiger partial charge is 0.180 e. The number of imidazole rings is 1. The van der Waals surface area contributed by atoms with Crippen molar-refractivity contribution >= 4 is 44.7 Å². The van der Waals surface area contributed by atoms with Gasteiger partial charge in [0.2, 0.25) is 0 Å². The molecule has 36 heavy (non-hydrogen) atoms. The second kappa shape index (κ2) is 8.32. The van der Waals surface area contributed by atoms with Gasteiger partial charge in [-0.2, -0.15) is 5.10 Å². The normalized spacial score (nSPS) is 18.6. The van der Waals surface area contributed by atoms with Gasteiger partial charge in [0.05, 0.1) is 40.1 Å². The van der Waals surface area contributed by atoms with E-state index >= 15 is 0 Å². The summed E-state index contributed by atoms with van der Waals surface area (Å²) in [6, 6.07) is 12.5. The van der Waals surface area contributed by atoms with Crippen molar-refractivity contribution in [2.75, 3.05) is 42.7 Å². The Morgan fingerprint density at radius 2 is 2.14 bits per heavy atom. The molecule has 10 nitrogen and oxygen atoms in total. The van der Waals surface area contributed by atoms with E-state index in [1.807, 2.05) is 57.6 Å². The van der Waals surface area contributed by atoms with E-state index in [0.29, 0.717) is 12.4 Å². The molecule has 2 aliphatic heterocycles. The predicted molar refractivity (Wildman–Crippen MR) is 140 cm³/mol. The average molecular weight is 501 g/mol. The van der Waals surface area contributed by atoms with Crippen LogP contribution in [-0.4, -0.2) is 71.6 Å². The number of hydrogen-bond acceptors (Lipinski definition) is 7. The van der Waals surface area contributed by atoms with Gasteiger partial charge in [-0.3, -0.25) is 5.10 Å². The number of aromatic nitrogens is 5. The third-order valence-electron chi connectivity index (χ3n) is 6.88. The Morgan fingerprint density at radius 1 is 1.19 bits per heavy atom. The number of rotatable bonds is 4. The van der Waals surface area contributed by atoms with Gasteiger partial charge in [0, 0.05) is 67.2 Å². The Morgan fingerprint density at radius 3 is 3.06 bits per heavy atom. The lowest BCUT2D eigenvalue weighted by molar-refractivity contribution is 0.219. The molecule has 0 amide bonds. The molecule has 1 fully saturated rings. The second-order valence-corrected chi connectivity index (χ2v) is 10.4. The van der Waals surface area contributed by atoms with Crippen molar-refractivity contribution in [2.24, 2.45) is 0 Å². The van der Waals surface area contributed by atoms with E-state index in [1.165, 1.54) is 0 Å². The van der Waals surface area contributed by atoms with Crippen LogP contribution in [0.4, 0.5) is 17.2 Å². The van der Waals surface area contributed by atoms with Crippen LogP contribution < -0.4 is 15.0 Å². The Bertz CT molecular complexity index is 1630. The number of nitrogens with one attached hydrogen (secondary N) is 2. The van der Waals surface area contributed by atoms with Crippen LogP contribution in [0.1, 0.15) is 0 Å². The van der Waals surface area contributed by atoms with Gasteiger partial charge in [-0.05, 0) is 18.2 Å². The first-order valence-corrected chi connectivity index (χ1v) is 13.3. The zero-order valence-electron chi connectivity index (χ0n) is 19.6. The van der Waals surface area contributed by atoms with Crippen LogP contribution in [0, 0.1) is 0 Å². The van der Waals surface area contributed by atoms with E-state index in [9.17, 15) is 4.21 Å². The number of hydrogen-bond donors (Lipinski definition) is 2. The second-order valence-electron chi connectivity index (χ2n) is 9.08. The minimum Gasteiger partial charge on any atom is -0.489 e. The van der Waals surface area contributed by atoms with E-state index < -0.39 is 11.0 Å². The fourth-order valence-corrected chi connectivity index (χ4v) is 5.76. The predicted octanol–water partition coefficient (Wildman–Crippen LogP) is 3.19. The minimum atomic E-state index is -0.959. The zero-order chi connectivity index (χ0) is 24.2. The summed E-state index contributed by atoms with van der Waals surface area (Å²) in [6.07, 6.45) is 9.21. The van der Waals surface area contributed by atoms with Crippen LogP contribution in [-0.2, 0) is 11.0 Å². The Labute approximate surface area is 209 Å². The largest absolute Gasteiger partial charge is 0.489 e. The first-order valence-electron chi connectivity index (χ1n) is 11.8. The molecule has 11 heteroatoms. The fourth-order valence-electron chi connectivity index (χ4n) is 5.04. The average Bonchev–Trinajstić information content (AvgIpc) is 3.57. The molecule has 0 saturated carbocycles. The molecule has 5 heterocycles. The number of benzene rings is 2. The molecule has 2 unspecified atom stereocenters. The van der Waals surface area contributed by atoms with Crippen LogP contribution >= 0.6 is 0 Å². The van der Waals surface area contributed by atoms with Crippen molar-refractivity contribution in [3.63, 3.8) is 0 Å². The third-order valence-corrected chi connectivity index (χ3v) is 7.94. The van der Waals surface area contributed by atoms with Crippen LogP contribution in [0.2, 0.25) is 0 Å². The summed E-state index contributed by atoms with van der Waals surface area (Å²) < 4.78 is 22.0. The maximum absolute atomic E-state index is 11.9. The molecule has 0 aliphatic carbocycles. The number of fused-ring (bicyclic) bond motifs is 5. The van der Waals surface area contributed by atoms with Gasteiger partial charge in [-0.25, -0.2) is 18.5 Å². The van der Waals surface area contributed by atoms with Crippen LogP contribution in [0.3, 0.4) is 0 Å². The van der Waals surface area contributed by atoms with Crippen molar-refractivity contribution in [3.05, 3.63) is 61.2 Å². The Hall–Kier alpha value is -3.96.